The molecule has 6 atom stereocenters. The van der Waals surface area contributed by atoms with Crippen molar-refractivity contribution in [3.63, 3.8) is 0 Å². The summed E-state index contributed by atoms with van der Waals surface area (Å²) in [6.07, 6.45) is 72.1. The van der Waals surface area contributed by atoms with Gasteiger partial charge < -0.3 is 9.84 Å². The number of hydrogen-bond acceptors (Lipinski definition) is 2. The SMILES string of the molecule is CCCCCCCC/C=C\CCCCCCCCCCCCCCCCCCCCCCO[C@H](CC/C=C(\C)CCC[C@H](C)CCC[C@H](C)CCCC(C)C)[C@@](C)(O)CCC[C@H](C)CCC[C@H](C)CCCC(C)C. The van der Waals surface area contributed by atoms with Crippen molar-refractivity contribution in [2.45, 2.75) is 396 Å². The molecule has 0 aliphatic carbocycles. The number of unbranched alkanes of at least 4 members (excludes halogenated alkanes) is 26. The summed E-state index contributed by atoms with van der Waals surface area (Å²) in [5.74, 6) is 4.99. The Morgan fingerprint density at radius 3 is 1.08 bits per heavy atom. The lowest BCUT2D eigenvalue weighted by Gasteiger charge is -2.33. The van der Waals surface area contributed by atoms with Crippen molar-refractivity contribution in [1.82, 2.24) is 0 Å². The van der Waals surface area contributed by atoms with E-state index in [4.69, 9.17) is 4.74 Å². The van der Waals surface area contributed by atoms with Crippen molar-refractivity contribution in [3.05, 3.63) is 23.8 Å². The molecule has 0 saturated heterocycles. The molecule has 0 amide bonds. The van der Waals surface area contributed by atoms with Crippen molar-refractivity contribution < 1.29 is 9.84 Å². The summed E-state index contributed by atoms with van der Waals surface area (Å²) in [5.41, 5.74) is 0.763. The summed E-state index contributed by atoms with van der Waals surface area (Å²) in [5, 5.41) is 12.0. The number of allylic oxidation sites excluding steroid dienone is 4. The molecule has 2 heteroatoms. The number of hydrogen-bond donors (Lipinski definition) is 1. The lowest BCUT2D eigenvalue weighted by molar-refractivity contribution is -0.107. The fourth-order valence-electron chi connectivity index (χ4n) is 11.9. The molecule has 0 saturated carbocycles. The molecule has 0 aromatic carbocycles. The smallest absolute Gasteiger partial charge is 0.0880 e. The Hall–Kier alpha value is -0.600. The van der Waals surface area contributed by atoms with Crippen LogP contribution >= 0.6 is 0 Å². The number of aliphatic hydroxyl groups is 1. The Morgan fingerprint density at radius 2 is 0.703 bits per heavy atom. The predicted molar refractivity (Wildman–Crippen MR) is 337 cm³/mol. The lowest BCUT2D eigenvalue weighted by Crippen LogP contribution is -2.41. The molecule has 0 fully saturated rings. The van der Waals surface area contributed by atoms with Crippen LogP contribution < -0.4 is 0 Å². The number of rotatable bonds is 59. The van der Waals surface area contributed by atoms with Gasteiger partial charge in [0.05, 0.1) is 11.7 Å². The van der Waals surface area contributed by atoms with E-state index >= 15 is 0 Å². The van der Waals surface area contributed by atoms with E-state index in [-0.39, 0.29) is 6.10 Å². The first kappa shape index (κ1) is 73.4. The Bertz CT molecular complexity index is 1160. The van der Waals surface area contributed by atoms with Gasteiger partial charge in [0.2, 0.25) is 0 Å². The largest absolute Gasteiger partial charge is 0.387 e. The summed E-state index contributed by atoms with van der Waals surface area (Å²) in [4.78, 5) is 0. The Morgan fingerprint density at radius 1 is 0.378 bits per heavy atom. The molecule has 0 radical (unpaired) electrons. The van der Waals surface area contributed by atoms with Crippen molar-refractivity contribution in [2.24, 2.45) is 35.5 Å². The van der Waals surface area contributed by atoms with Gasteiger partial charge in [-0.1, -0.05) is 330 Å². The standard InChI is InChI=1S/C72H142O2/c1-12-13-14-15-16-17-18-19-20-21-22-23-24-25-26-27-28-29-30-31-32-33-34-35-36-37-38-39-40-41-63-74-71(72(11,73)62-48-60-70(10)58-46-54-67(7)52-43-50-65(4)5)61-47-59-69(9)57-45-56-68(8)55-44-53-66(6)51-42-49-64(2)3/h19-20,59,64-68,70-71,73H,12-18,21-58,60-63H2,1-11H3/b20-19-,69-59+/t66-,67-,68-,70-,71-,72+/m1/s1. The zero-order valence-corrected chi connectivity index (χ0v) is 53.3. The molecule has 0 bridgehead atoms. The molecule has 2 nitrogen and oxygen atoms in total. The van der Waals surface area contributed by atoms with Gasteiger partial charge >= 0.3 is 0 Å². The van der Waals surface area contributed by atoms with E-state index in [1.165, 1.54) is 282 Å². The summed E-state index contributed by atoms with van der Waals surface area (Å²) >= 11 is 0. The van der Waals surface area contributed by atoms with Crippen LogP contribution in [0.5, 0.6) is 0 Å². The second kappa shape index (κ2) is 54.4. The van der Waals surface area contributed by atoms with E-state index in [1.807, 2.05) is 0 Å². The maximum atomic E-state index is 12.0. The van der Waals surface area contributed by atoms with Gasteiger partial charge in [-0.15, -0.1) is 0 Å². The van der Waals surface area contributed by atoms with Crippen LogP contribution in [0.15, 0.2) is 23.8 Å². The molecule has 74 heavy (non-hydrogen) atoms. The first-order valence-corrected chi connectivity index (χ1v) is 34.4. The van der Waals surface area contributed by atoms with E-state index in [1.54, 1.807) is 0 Å². The highest BCUT2D eigenvalue weighted by atomic mass is 16.5. The fourth-order valence-corrected chi connectivity index (χ4v) is 11.9. The van der Waals surface area contributed by atoms with Gasteiger partial charge in [0.1, 0.15) is 0 Å². The molecule has 442 valence electrons. The van der Waals surface area contributed by atoms with E-state index in [9.17, 15) is 5.11 Å². The normalized spacial score (nSPS) is 15.4. The first-order valence-electron chi connectivity index (χ1n) is 34.4. The molecule has 0 spiro atoms. The second-order valence-electron chi connectivity index (χ2n) is 26.9. The molecule has 0 aromatic rings. The minimum absolute atomic E-state index is 0.0802. The van der Waals surface area contributed by atoms with Gasteiger partial charge in [-0.3, -0.25) is 0 Å². The van der Waals surface area contributed by atoms with E-state index < -0.39 is 5.60 Å². The van der Waals surface area contributed by atoms with Crippen LogP contribution in [0.2, 0.25) is 0 Å². The highest BCUT2D eigenvalue weighted by Crippen LogP contribution is 2.29. The van der Waals surface area contributed by atoms with Gasteiger partial charge in [0.25, 0.3) is 0 Å². The second-order valence-corrected chi connectivity index (χ2v) is 26.9. The van der Waals surface area contributed by atoms with Crippen LogP contribution in [-0.2, 0) is 4.74 Å². The molecule has 0 heterocycles. The highest BCUT2D eigenvalue weighted by Gasteiger charge is 2.32. The average molecular weight is 1040 g/mol. The van der Waals surface area contributed by atoms with Crippen molar-refractivity contribution in [3.8, 4) is 0 Å². The number of ether oxygens (including phenoxy) is 1. The van der Waals surface area contributed by atoms with Crippen molar-refractivity contribution >= 4 is 0 Å². The minimum atomic E-state index is -0.766. The monoisotopic (exact) mass is 1040 g/mol. The molecule has 0 aliphatic heterocycles. The Balaban J connectivity index is 4.35. The molecular weight excluding hydrogens is 897 g/mol. The van der Waals surface area contributed by atoms with Crippen LogP contribution in [-0.4, -0.2) is 23.4 Å². The third-order valence-electron chi connectivity index (χ3n) is 17.5. The third-order valence-corrected chi connectivity index (χ3v) is 17.5. The maximum absolute atomic E-state index is 12.0. The molecule has 0 rings (SSSR count). The van der Waals surface area contributed by atoms with Gasteiger partial charge in [-0.25, -0.2) is 0 Å². The van der Waals surface area contributed by atoms with Gasteiger partial charge in [0, 0.05) is 6.61 Å². The van der Waals surface area contributed by atoms with Crippen LogP contribution in [0.3, 0.4) is 0 Å². The fraction of sp³-hybridized carbons (Fsp3) is 0.944. The van der Waals surface area contributed by atoms with Crippen molar-refractivity contribution in [2.75, 3.05) is 6.61 Å². The zero-order valence-electron chi connectivity index (χ0n) is 53.3. The molecular formula is C72H142O2. The van der Waals surface area contributed by atoms with E-state index in [2.05, 4.69) is 94.4 Å². The summed E-state index contributed by atoms with van der Waals surface area (Å²) in [7, 11) is 0. The molecule has 1 N–H and O–H groups in total. The average Bonchev–Trinajstić information content (AvgIpc) is 3.34. The van der Waals surface area contributed by atoms with E-state index in [0.717, 1.165) is 74.2 Å². The quantitative estimate of drug-likeness (QED) is 0.0486. The molecule has 0 aromatic heterocycles. The third kappa shape index (κ3) is 53.4. The first-order chi connectivity index (χ1) is 35.8. The van der Waals surface area contributed by atoms with Gasteiger partial charge in [-0.2, -0.15) is 0 Å². The Labute approximate surface area is 469 Å². The summed E-state index contributed by atoms with van der Waals surface area (Å²) in [6, 6.07) is 0. The zero-order chi connectivity index (χ0) is 54.6. The minimum Gasteiger partial charge on any atom is -0.387 e. The van der Waals surface area contributed by atoms with E-state index in [0.29, 0.717) is 0 Å². The lowest BCUT2D eigenvalue weighted by atomic mass is 9.86. The molecule has 0 aliphatic rings. The predicted octanol–water partition coefficient (Wildman–Crippen LogP) is 25.2. The highest BCUT2D eigenvalue weighted by molar-refractivity contribution is 4.99. The van der Waals surface area contributed by atoms with Gasteiger partial charge in [0.15, 0.2) is 0 Å². The topological polar surface area (TPSA) is 29.5 Å². The van der Waals surface area contributed by atoms with Crippen LogP contribution in [0.1, 0.15) is 384 Å². The van der Waals surface area contributed by atoms with Crippen LogP contribution in [0.4, 0.5) is 0 Å². The summed E-state index contributed by atoms with van der Waals surface area (Å²) < 4.78 is 6.67. The van der Waals surface area contributed by atoms with Crippen LogP contribution in [0, 0.1) is 35.5 Å². The molecule has 0 unspecified atom stereocenters. The maximum Gasteiger partial charge on any atom is 0.0880 e. The van der Waals surface area contributed by atoms with Gasteiger partial charge in [-0.05, 0) is 114 Å². The Kier molecular flexibility index (Phi) is 53.9. The van der Waals surface area contributed by atoms with Crippen molar-refractivity contribution in [1.29, 1.82) is 0 Å². The van der Waals surface area contributed by atoms with Crippen LogP contribution in [0.25, 0.3) is 0 Å². The summed E-state index contributed by atoms with van der Waals surface area (Å²) in [6.45, 7) is 26.8.